The van der Waals surface area contributed by atoms with Gasteiger partial charge in [0.25, 0.3) is 0 Å². The molecule has 2 rings (SSSR count). The second-order valence-corrected chi connectivity index (χ2v) is 6.52. The van der Waals surface area contributed by atoms with Crippen molar-refractivity contribution in [1.82, 2.24) is 15.5 Å². The van der Waals surface area contributed by atoms with E-state index in [2.05, 4.69) is 22.5 Å². The molecule has 19 heavy (non-hydrogen) atoms. The number of rotatable bonds is 5. The average molecular weight is 283 g/mol. The lowest BCUT2D eigenvalue weighted by Gasteiger charge is -2.33. The number of likely N-dealkylation sites (tertiary alicyclic amines) is 1. The van der Waals surface area contributed by atoms with Gasteiger partial charge in [0, 0.05) is 25.2 Å². The smallest absolute Gasteiger partial charge is 0.166 e. The molecule has 2 aliphatic rings. The fraction of sp³-hybridized carbons (Fsp3) is 0.933. The molecule has 0 aromatic heterocycles. The number of hydrogen-bond donors (Lipinski definition) is 2. The van der Waals surface area contributed by atoms with Gasteiger partial charge in [0.1, 0.15) is 0 Å². The van der Waals surface area contributed by atoms with E-state index in [1.54, 1.807) is 0 Å². The van der Waals surface area contributed by atoms with E-state index in [1.807, 2.05) is 0 Å². The minimum atomic E-state index is 0.627. The number of nitrogens with one attached hydrogen (secondary N) is 2. The molecule has 0 bridgehead atoms. The molecule has 1 unspecified atom stereocenters. The number of hydrogen-bond acceptors (Lipinski definition) is 2. The molecule has 1 heterocycles. The van der Waals surface area contributed by atoms with Crippen LogP contribution in [0.15, 0.2) is 0 Å². The van der Waals surface area contributed by atoms with E-state index in [1.165, 1.54) is 64.5 Å². The van der Waals surface area contributed by atoms with E-state index in [0.29, 0.717) is 6.04 Å². The lowest BCUT2D eigenvalue weighted by atomic mass is 10.0. The van der Waals surface area contributed by atoms with Crippen LogP contribution in [-0.4, -0.2) is 41.7 Å². The van der Waals surface area contributed by atoms with Crippen molar-refractivity contribution in [1.29, 1.82) is 0 Å². The van der Waals surface area contributed by atoms with Crippen LogP contribution in [-0.2, 0) is 0 Å². The third kappa shape index (κ3) is 5.27. The SMILES string of the molecule is CC1CCCCN1CCCNC(=S)NC1CCCC1. The monoisotopic (exact) mass is 283 g/mol. The fourth-order valence-corrected chi connectivity index (χ4v) is 3.55. The zero-order valence-electron chi connectivity index (χ0n) is 12.3. The average Bonchev–Trinajstić information content (AvgIpc) is 2.89. The predicted molar refractivity (Wildman–Crippen MR) is 85.5 cm³/mol. The van der Waals surface area contributed by atoms with Crippen LogP contribution >= 0.6 is 12.2 Å². The summed E-state index contributed by atoms with van der Waals surface area (Å²) in [6.45, 7) is 5.85. The van der Waals surface area contributed by atoms with E-state index >= 15 is 0 Å². The summed E-state index contributed by atoms with van der Waals surface area (Å²) in [7, 11) is 0. The highest BCUT2D eigenvalue weighted by molar-refractivity contribution is 7.80. The van der Waals surface area contributed by atoms with Crippen LogP contribution in [0, 0.1) is 0 Å². The Labute approximate surface area is 123 Å². The minimum absolute atomic E-state index is 0.627. The summed E-state index contributed by atoms with van der Waals surface area (Å²) in [4.78, 5) is 2.62. The molecule has 1 atom stereocenters. The Kier molecular flexibility index (Phi) is 6.38. The maximum absolute atomic E-state index is 5.35. The molecule has 0 radical (unpaired) electrons. The molecule has 1 aliphatic heterocycles. The van der Waals surface area contributed by atoms with Gasteiger partial charge in [-0.3, -0.25) is 0 Å². The van der Waals surface area contributed by atoms with Crippen molar-refractivity contribution in [3.63, 3.8) is 0 Å². The first-order valence-electron chi connectivity index (χ1n) is 8.04. The van der Waals surface area contributed by atoms with Crippen molar-refractivity contribution in [2.24, 2.45) is 0 Å². The van der Waals surface area contributed by atoms with Gasteiger partial charge in [-0.2, -0.15) is 0 Å². The molecule has 2 fully saturated rings. The van der Waals surface area contributed by atoms with E-state index < -0.39 is 0 Å². The van der Waals surface area contributed by atoms with Gasteiger partial charge in [0.05, 0.1) is 0 Å². The van der Waals surface area contributed by atoms with Gasteiger partial charge in [-0.15, -0.1) is 0 Å². The summed E-state index contributed by atoms with van der Waals surface area (Å²) in [5, 5.41) is 7.65. The third-order valence-corrected chi connectivity index (χ3v) is 4.80. The zero-order chi connectivity index (χ0) is 13.5. The van der Waals surface area contributed by atoms with Crippen LogP contribution in [0.5, 0.6) is 0 Å². The molecule has 0 aromatic carbocycles. The van der Waals surface area contributed by atoms with Crippen molar-refractivity contribution in [3.05, 3.63) is 0 Å². The molecule has 3 nitrogen and oxygen atoms in total. The highest BCUT2D eigenvalue weighted by Gasteiger charge is 2.17. The summed E-state index contributed by atoms with van der Waals surface area (Å²) in [6, 6.07) is 1.40. The Bertz CT molecular complexity index is 277. The summed E-state index contributed by atoms with van der Waals surface area (Å²) >= 11 is 5.35. The molecule has 0 amide bonds. The number of thiocarbonyl (C=S) groups is 1. The van der Waals surface area contributed by atoms with Crippen LogP contribution in [0.2, 0.25) is 0 Å². The lowest BCUT2D eigenvalue weighted by Crippen LogP contribution is -2.42. The van der Waals surface area contributed by atoms with Gasteiger partial charge >= 0.3 is 0 Å². The Morgan fingerprint density at radius 2 is 1.89 bits per heavy atom. The van der Waals surface area contributed by atoms with Crippen LogP contribution in [0.25, 0.3) is 0 Å². The second-order valence-electron chi connectivity index (χ2n) is 6.12. The lowest BCUT2D eigenvalue weighted by molar-refractivity contribution is 0.159. The minimum Gasteiger partial charge on any atom is -0.363 e. The third-order valence-electron chi connectivity index (χ3n) is 4.54. The Morgan fingerprint density at radius 1 is 1.16 bits per heavy atom. The first-order chi connectivity index (χ1) is 9.25. The Balaban J connectivity index is 1.52. The van der Waals surface area contributed by atoms with Gasteiger partial charge in [0.2, 0.25) is 0 Å². The second kappa shape index (κ2) is 8.05. The first-order valence-corrected chi connectivity index (χ1v) is 8.45. The summed E-state index contributed by atoms with van der Waals surface area (Å²) in [6.07, 6.45) is 10.6. The molecule has 2 N–H and O–H groups in total. The molecule has 110 valence electrons. The maximum Gasteiger partial charge on any atom is 0.166 e. The van der Waals surface area contributed by atoms with Crippen molar-refractivity contribution in [3.8, 4) is 0 Å². The van der Waals surface area contributed by atoms with Crippen LogP contribution in [0.1, 0.15) is 58.3 Å². The van der Waals surface area contributed by atoms with E-state index in [9.17, 15) is 0 Å². The van der Waals surface area contributed by atoms with Gasteiger partial charge < -0.3 is 15.5 Å². The summed E-state index contributed by atoms with van der Waals surface area (Å²) in [5.41, 5.74) is 0. The molecular weight excluding hydrogens is 254 g/mol. The quantitative estimate of drug-likeness (QED) is 0.599. The van der Waals surface area contributed by atoms with Gasteiger partial charge in [0.15, 0.2) is 5.11 Å². The van der Waals surface area contributed by atoms with E-state index in [4.69, 9.17) is 12.2 Å². The molecule has 0 aromatic rings. The van der Waals surface area contributed by atoms with Gasteiger partial charge in [-0.25, -0.2) is 0 Å². The predicted octanol–water partition coefficient (Wildman–Crippen LogP) is 2.66. The molecule has 0 spiro atoms. The Morgan fingerprint density at radius 3 is 2.63 bits per heavy atom. The standard InChI is InChI=1S/C15H29N3S/c1-13-7-4-5-11-18(13)12-6-10-16-15(19)17-14-8-2-3-9-14/h13-14H,2-12H2,1H3,(H2,16,17,19). The van der Waals surface area contributed by atoms with Crippen molar-refractivity contribution in [2.75, 3.05) is 19.6 Å². The van der Waals surface area contributed by atoms with Crippen molar-refractivity contribution in [2.45, 2.75) is 70.4 Å². The molecule has 1 saturated heterocycles. The largest absolute Gasteiger partial charge is 0.363 e. The highest BCUT2D eigenvalue weighted by atomic mass is 32.1. The molecular formula is C15H29N3S. The van der Waals surface area contributed by atoms with Crippen LogP contribution in [0.4, 0.5) is 0 Å². The maximum atomic E-state index is 5.35. The number of piperidine rings is 1. The van der Waals surface area contributed by atoms with Crippen molar-refractivity contribution >= 4 is 17.3 Å². The fourth-order valence-electron chi connectivity index (χ4n) is 3.28. The highest BCUT2D eigenvalue weighted by Crippen LogP contribution is 2.17. The van der Waals surface area contributed by atoms with E-state index in [-0.39, 0.29) is 0 Å². The topological polar surface area (TPSA) is 27.3 Å². The van der Waals surface area contributed by atoms with E-state index in [0.717, 1.165) is 17.7 Å². The van der Waals surface area contributed by atoms with Gasteiger partial charge in [-0.1, -0.05) is 19.3 Å². The molecule has 1 saturated carbocycles. The molecule has 4 heteroatoms. The molecule has 1 aliphatic carbocycles. The Hall–Kier alpha value is -0.350. The van der Waals surface area contributed by atoms with Crippen LogP contribution < -0.4 is 10.6 Å². The van der Waals surface area contributed by atoms with Gasteiger partial charge in [-0.05, 0) is 57.8 Å². The van der Waals surface area contributed by atoms with Crippen molar-refractivity contribution < 1.29 is 0 Å². The summed E-state index contributed by atoms with van der Waals surface area (Å²) in [5.74, 6) is 0. The normalized spacial score (nSPS) is 25.4. The number of nitrogens with zero attached hydrogens (tertiary/aromatic N) is 1. The van der Waals surface area contributed by atoms with Crippen LogP contribution in [0.3, 0.4) is 0 Å². The zero-order valence-corrected chi connectivity index (χ0v) is 13.1. The first kappa shape index (κ1) is 15.0. The summed E-state index contributed by atoms with van der Waals surface area (Å²) < 4.78 is 0.